The van der Waals surface area contributed by atoms with Gasteiger partial charge in [0.2, 0.25) is 5.91 Å². The van der Waals surface area contributed by atoms with Crippen molar-refractivity contribution in [2.24, 2.45) is 0 Å². The molecule has 0 aliphatic carbocycles. The number of rotatable bonds is 6. The molecule has 1 N–H and O–H groups in total. The van der Waals surface area contributed by atoms with Gasteiger partial charge in [-0.2, -0.15) is 0 Å². The van der Waals surface area contributed by atoms with Crippen LogP contribution in [0.15, 0.2) is 24.5 Å². The van der Waals surface area contributed by atoms with Crippen LogP contribution in [0.5, 0.6) is 0 Å². The number of pyridine rings is 1. The first-order chi connectivity index (χ1) is 9.99. The summed E-state index contributed by atoms with van der Waals surface area (Å²) < 4.78 is 1.88. The second kappa shape index (κ2) is 6.39. The van der Waals surface area contributed by atoms with Gasteiger partial charge in [0.1, 0.15) is 5.65 Å². The third-order valence-corrected chi connectivity index (χ3v) is 3.33. The zero-order chi connectivity index (χ0) is 15.4. The highest BCUT2D eigenvalue weighted by Crippen LogP contribution is 2.09. The number of aromatic nitrogens is 2. The molecule has 2 heterocycles. The average Bonchev–Trinajstić information content (AvgIpc) is 2.80. The number of fused-ring (bicyclic) bond motifs is 1. The summed E-state index contributed by atoms with van der Waals surface area (Å²) in [5.74, 6) is -0.997. The van der Waals surface area contributed by atoms with Crippen LogP contribution >= 0.6 is 0 Å². The first-order valence-corrected chi connectivity index (χ1v) is 6.93. The molecular formula is C15H19N3O3. The number of imidazole rings is 1. The smallest absolute Gasteiger partial charge is 0.305 e. The molecule has 6 nitrogen and oxygen atoms in total. The van der Waals surface area contributed by atoms with E-state index < -0.39 is 5.97 Å². The SMILES string of the molecule is CCN(CCC(=O)O)C(=O)Cc1cn2ccc(C)cc2n1. The second-order valence-corrected chi connectivity index (χ2v) is 5.00. The van der Waals surface area contributed by atoms with Crippen LogP contribution in [0.25, 0.3) is 5.65 Å². The second-order valence-electron chi connectivity index (χ2n) is 5.00. The molecule has 0 atom stereocenters. The van der Waals surface area contributed by atoms with Crippen molar-refractivity contribution < 1.29 is 14.7 Å². The predicted molar refractivity (Wildman–Crippen MR) is 78.1 cm³/mol. The van der Waals surface area contributed by atoms with Gasteiger partial charge in [0.15, 0.2) is 0 Å². The zero-order valence-corrected chi connectivity index (χ0v) is 12.2. The molecule has 2 aromatic rings. The Labute approximate surface area is 123 Å². The summed E-state index contributed by atoms with van der Waals surface area (Å²) >= 11 is 0. The molecule has 0 unspecified atom stereocenters. The highest BCUT2D eigenvalue weighted by Gasteiger charge is 2.15. The number of carboxylic acid groups (broad SMARTS) is 1. The maximum Gasteiger partial charge on any atom is 0.305 e. The normalized spacial score (nSPS) is 10.8. The Morgan fingerprint density at radius 2 is 2.19 bits per heavy atom. The molecule has 0 aliphatic heterocycles. The van der Waals surface area contributed by atoms with Gasteiger partial charge in [0.25, 0.3) is 0 Å². The number of amides is 1. The van der Waals surface area contributed by atoms with E-state index in [0.717, 1.165) is 11.2 Å². The van der Waals surface area contributed by atoms with E-state index in [9.17, 15) is 9.59 Å². The van der Waals surface area contributed by atoms with E-state index >= 15 is 0 Å². The van der Waals surface area contributed by atoms with Gasteiger partial charge >= 0.3 is 5.97 Å². The highest BCUT2D eigenvalue weighted by atomic mass is 16.4. The van der Waals surface area contributed by atoms with Gasteiger partial charge in [-0.3, -0.25) is 9.59 Å². The fourth-order valence-electron chi connectivity index (χ4n) is 2.18. The number of carbonyl (C=O) groups is 2. The molecule has 0 radical (unpaired) electrons. The Hall–Kier alpha value is -2.37. The van der Waals surface area contributed by atoms with Crippen LogP contribution in [0, 0.1) is 6.92 Å². The summed E-state index contributed by atoms with van der Waals surface area (Å²) in [6.45, 7) is 4.56. The standard InChI is InChI=1S/C15H19N3O3/c1-3-17(7-5-15(20)21)14(19)9-12-10-18-6-4-11(2)8-13(18)16-12/h4,6,8,10H,3,5,7,9H2,1-2H3,(H,20,21). The lowest BCUT2D eigenvalue weighted by atomic mass is 10.2. The van der Waals surface area contributed by atoms with Gasteiger partial charge in [0.05, 0.1) is 18.5 Å². The van der Waals surface area contributed by atoms with Crippen molar-refractivity contribution in [2.75, 3.05) is 13.1 Å². The average molecular weight is 289 g/mol. The van der Waals surface area contributed by atoms with Crippen LogP contribution < -0.4 is 0 Å². The first-order valence-electron chi connectivity index (χ1n) is 6.93. The molecule has 0 saturated heterocycles. The Morgan fingerprint density at radius 1 is 1.43 bits per heavy atom. The fraction of sp³-hybridized carbons (Fsp3) is 0.400. The summed E-state index contributed by atoms with van der Waals surface area (Å²) in [7, 11) is 0. The number of aliphatic carboxylic acids is 1. The van der Waals surface area contributed by atoms with Crippen molar-refractivity contribution in [1.29, 1.82) is 0 Å². The third-order valence-electron chi connectivity index (χ3n) is 3.33. The molecule has 0 bridgehead atoms. The van der Waals surface area contributed by atoms with E-state index in [1.165, 1.54) is 0 Å². The van der Waals surface area contributed by atoms with Crippen molar-refractivity contribution >= 4 is 17.5 Å². The molecule has 112 valence electrons. The van der Waals surface area contributed by atoms with Gasteiger partial charge in [-0.25, -0.2) is 4.98 Å². The molecule has 6 heteroatoms. The quantitative estimate of drug-likeness (QED) is 0.874. The molecule has 2 rings (SSSR count). The predicted octanol–water partition coefficient (Wildman–Crippen LogP) is 1.51. The Kier molecular flexibility index (Phi) is 4.57. The summed E-state index contributed by atoms with van der Waals surface area (Å²) in [4.78, 5) is 28.7. The minimum atomic E-state index is -0.899. The van der Waals surface area contributed by atoms with E-state index in [-0.39, 0.29) is 25.3 Å². The Morgan fingerprint density at radius 3 is 2.86 bits per heavy atom. The number of hydrogen-bond donors (Lipinski definition) is 1. The molecule has 2 aromatic heterocycles. The van der Waals surface area contributed by atoms with E-state index in [1.807, 2.05) is 42.8 Å². The van der Waals surface area contributed by atoms with Crippen LogP contribution in [-0.4, -0.2) is 44.4 Å². The zero-order valence-electron chi connectivity index (χ0n) is 12.2. The summed E-state index contributed by atoms with van der Waals surface area (Å²) in [5.41, 5.74) is 2.62. The minimum absolute atomic E-state index is 0.0378. The molecule has 0 saturated carbocycles. The number of nitrogens with zero attached hydrogens (tertiary/aromatic N) is 3. The van der Waals surface area contributed by atoms with Crippen LogP contribution in [0.2, 0.25) is 0 Å². The molecule has 21 heavy (non-hydrogen) atoms. The van der Waals surface area contributed by atoms with E-state index in [4.69, 9.17) is 5.11 Å². The molecular weight excluding hydrogens is 270 g/mol. The summed E-state index contributed by atoms with van der Waals surface area (Å²) in [5, 5.41) is 8.70. The van der Waals surface area contributed by atoms with E-state index in [0.29, 0.717) is 12.2 Å². The maximum atomic E-state index is 12.2. The van der Waals surface area contributed by atoms with Gasteiger partial charge in [-0.05, 0) is 31.5 Å². The molecule has 1 amide bonds. The number of aryl methyl sites for hydroxylation is 1. The number of carbonyl (C=O) groups excluding carboxylic acids is 1. The van der Waals surface area contributed by atoms with Crippen molar-refractivity contribution in [3.8, 4) is 0 Å². The summed E-state index contributed by atoms with van der Waals surface area (Å²) in [6.07, 6.45) is 3.89. The topological polar surface area (TPSA) is 74.9 Å². The number of hydrogen-bond acceptors (Lipinski definition) is 3. The van der Waals surface area contributed by atoms with E-state index in [1.54, 1.807) is 4.90 Å². The van der Waals surface area contributed by atoms with E-state index in [2.05, 4.69) is 4.98 Å². The molecule has 0 aromatic carbocycles. The van der Waals surface area contributed by atoms with Crippen molar-refractivity contribution in [1.82, 2.24) is 14.3 Å². The van der Waals surface area contributed by atoms with Crippen LogP contribution in [0.4, 0.5) is 0 Å². The fourth-order valence-corrected chi connectivity index (χ4v) is 2.18. The molecule has 0 spiro atoms. The van der Waals surface area contributed by atoms with Gasteiger partial charge in [-0.1, -0.05) is 0 Å². The lowest BCUT2D eigenvalue weighted by Crippen LogP contribution is -2.34. The largest absolute Gasteiger partial charge is 0.481 e. The van der Waals surface area contributed by atoms with Gasteiger partial charge in [0, 0.05) is 25.5 Å². The molecule has 0 aliphatic rings. The Bertz CT molecular complexity index is 663. The van der Waals surface area contributed by atoms with Crippen molar-refractivity contribution in [2.45, 2.75) is 26.7 Å². The Balaban J connectivity index is 2.07. The lowest BCUT2D eigenvalue weighted by molar-refractivity contribution is -0.138. The van der Waals surface area contributed by atoms with Crippen molar-refractivity contribution in [3.63, 3.8) is 0 Å². The number of carboxylic acids is 1. The summed E-state index contributed by atoms with van der Waals surface area (Å²) in [6, 6.07) is 3.93. The van der Waals surface area contributed by atoms with Crippen LogP contribution in [-0.2, 0) is 16.0 Å². The minimum Gasteiger partial charge on any atom is -0.481 e. The monoisotopic (exact) mass is 289 g/mol. The first kappa shape index (κ1) is 15.0. The van der Waals surface area contributed by atoms with Gasteiger partial charge < -0.3 is 14.4 Å². The maximum absolute atomic E-state index is 12.2. The van der Waals surface area contributed by atoms with Gasteiger partial charge in [-0.15, -0.1) is 0 Å². The molecule has 0 fully saturated rings. The lowest BCUT2D eigenvalue weighted by Gasteiger charge is -2.19. The highest BCUT2D eigenvalue weighted by molar-refractivity contribution is 5.79. The number of likely N-dealkylation sites (N-methyl/N-ethyl adjacent to an activating group) is 1. The van der Waals surface area contributed by atoms with Crippen LogP contribution in [0.1, 0.15) is 24.6 Å². The van der Waals surface area contributed by atoms with Crippen LogP contribution in [0.3, 0.4) is 0 Å². The third kappa shape index (κ3) is 3.81. The van der Waals surface area contributed by atoms with Crippen molar-refractivity contribution in [3.05, 3.63) is 35.8 Å².